The number of carbonyl (C=O) groups excluding carboxylic acids is 1. The Balaban J connectivity index is 2.77. The highest BCUT2D eigenvalue weighted by Gasteiger charge is 2.16. The van der Waals surface area contributed by atoms with Gasteiger partial charge in [0.1, 0.15) is 5.75 Å². The summed E-state index contributed by atoms with van der Waals surface area (Å²) in [5, 5.41) is 13.3. The van der Waals surface area contributed by atoms with Gasteiger partial charge >= 0.3 is 0 Å². The monoisotopic (exact) mass is 425 g/mol. The molecule has 0 saturated heterocycles. The van der Waals surface area contributed by atoms with Gasteiger partial charge in [-0.05, 0) is 53.1 Å². The summed E-state index contributed by atoms with van der Waals surface area (Å²) in [6.45, 7) is 4.23. The van der Waals surface area contributed by atoms with Crippen LogP contribution in [0.1, 0.15) is 30.6 Å². The van der Waals surface area contributed by atoms with E-state index in [-0.39, 0.29) is 17.7 Å². The van der Waals surface area contributed by atoms with Crippen LogP contribution >= 0.6 is 38.5 Å². The van der Waals surface area contributed by atoms with Crippen LogP contribution in [0, 0.1) is 9.49 Å². The minimum Gasteiger partial charge on any atom is -0.507 e. The summed E-state index contributed by atoms with van der Waals surface area (Å²) in [7, 11) is 0. The number of phenols is 1. The molecule has 0 aliphatic rings. The second kappa shape index (κ2) is 7.33. The Bertz CT molecular complexity index is 423. The molecule has 0 heterocycles. The summed E-state index contributed by atoms with van der Waals surface area (Å²) in [5.41, 5.74) is 0.330. The van der Waals surface area contributed by atoms with Gasteiger partial charge in [0.2, 0.25) is 0 Å². The van der Waals surface area contributed by atoms with Gasteiger partial charge < -0.3 is 10.4 Å². The first-order valence-corrected chi connectivity index (χ1v) is 7.99. The number of halogens is 2. The third-order valence-corrected chi connectivity index (χ3v) is 3.93. The Morgan fingerprint density at radius 1 is 1.50 bits per heavy atom. The molecule has 0 fully saturated rings. The van der Waals surface area contributed by atoms with Crippen molar-refractivity contribution in [3.63, 3.8) is 0 Å². The maximum atomic E-state index is 12.1. The Labute approximate surface area is 130 Å². The SMILES string of the molecule is CC(C)CC(CBr)NC(=O)c1cc(I)ccc1O. The molecule has 1 unspecified atom stereocenters. The molecule has 1 aromatic rings. The van der Waals surface area contributed by atoms with Crippen LogP contribution in [-0.2, 0) is 0 Å². The van der Waals surface area contributed by atoms with Gasteiger partial charge in [-0.1, -0.05) is 29.8 Å². The zero-order chi connectivity index (χ0) is 13.7. The first kappa shape index (κ1) is 15.8. The second-order valence-corrected chi connectivity index (χ2v) is 6.51. The van der Waals surface area contributed by atoms with E-state index in [0.717, 1.165) is 9.99 Å². The van der Waals surface area contributed by atoms with E-state index in [1.54, 1.807) is 18.2 Å². The molecule has 0 saturated carbocycles. The molecule has 0 radical (unpaired) electrons. The van der Waals surface area contributed by atoms with E-state index < -0.39 is 0 Å². The average Bonchev–Trinajstić information content (AvgIpc) is 2.30. The Hall–Kier alpha value is -0.300. The number of carbonyl (C=O) groups is 1. The van der Waals surface area contributed by atoms with Crippen molar-refractivity contribution in [3.05, 3.63) is 27.3 Å². The Morgan fingerprint density at radius 2 is 2.17 bits per heavy atom. The zero-order valence-electron chi connectivity index (χ0n) is 10.4. The van der Waals surface area contributed by atoms with Gasteiger partial charge in [-0.3, -0.25) is 4.79 Å². The van der Waals surface area contributed by atoms with E-state index >= 15 is 0 Å². The van der Waals surface area contributed by atoms with Crippen LogP contribution in [0.25, 0.3) is 0 Å². The van der Waals surface area contributed by atoms with E-state index in [0.29, 0.717) is 16.8 Å². The maximum absolute atomic E-state index is 12.1. The van der Waals surface area contributed by atoms with Gasteiger partial charge in [-0.2, -0.15) is 0 Å². The van der Waals surface area contributed by atoms with Gasteiger partial charge in [0.15, 0.2) is 0 Å². The predicted octanol–water partition coefficient (Wildman–Crippen LogP) is 3.54. The first-order chi connectivity index (χ1) is 8.43. The molecule has 100 valence electrons. The number of benzene rings is 1. The Kier molecular flexibility index (Phi) is 6.42. The van der Waals surface area contributed by atoms with Crippen LogP contribution in [0.5, 0.6) is 5.75 Å². The second-order valence-electron chi connectivity index (χ2n) is 4.62. The highest BCUT2D eigenvalue weighted by molar-refractivity contribution is 14.1. The van der Waals surface area contributed by atoms with Gasteiger partial charge in [-0.25, -0.2) is 0 Å². The third-order valence-electron chi connectivity index (χ3n) is 2.48. The van der Waals surface area contributed by atoms with Crippen LogP contribution < -0.4 is 5.32 Å². The minimum atomic E-state index is -0.226. The number of aromatic hydroxyl groups is 1. The fraction of sp³-hybridized carbons (Fsp3) is 0.462. The number of phenolic OH excluding ortho intramolecular Hbond substituents is 1. The number of rotatable bonds is 5. The van der Waals surface area contributed by atoms with E-state index in [2.05, 4.69) is 57.7 Å². The number of hydrogen-bond donors (Lipinski definition) is 2. The van der Waals surface area contributed by atoms with Crippen LogP contribution in [-0.4, -0.2) is 22.4 Å². The van der Waals surface area contributed by atoms with Gasteiger partial charge in [-0.15, -0.1) is 0 Å². The molecule has 5 heteroatoms. The van der Waals surface area contributed by atoms with E-state index in [1.807, 2.05) is 0 Å². The molecule has 0 aromatic heterocycles. The van der Waals surface area contributed by atoms with E-state index in [1.165, 1.54) is 0 Å². The predicted molar refractivity (Wildman–Crippen MR) is 85.3 cm³/mol. The number of nitrogens with one attached hydrogen (secondary N) is 1. The lowest BCUT2D eigenvalue weighted by molar-refractivity contribution is 0.0934. The van der Waals surface area contributed by atoms with Crippen LogP contribution in [0.3, 0.4) is 0 Å². The highest BCUT2D eigenvalue weighted by atomic mass is 127. The van der Waals surface area contributed by atoms with Crippen molar-refractivity contribution < 1.29 is 9.90 Å². The van der Waals surface area contributed by atoms with Crippen LogP contribution in [0.2, 0.25) is 0 Å². The number of amides is 1. The summed E-state index contributed by atoms with van der Waals surface area (Å²) in [5.74, 6) is 0.305. The minimum absolute atomic E-state index is 0.0192. The lowest BCUT2D eigenvalue weighted by Gasteiger charge is -2.18. The molecular formula is C13H17BrINO2. The molecule has 2 N–H and O–H groups in total. The molecule has 0 aliphatic heterocycles. The molecule has 1 amide bonds. The lowest BCUT2D eigenvalue weighted by atomic mass is 10.0. The normalized spacial score (nSPS) is 12.5. The number of alkyl halides is 1. The van der Waals surface area contributed by atoms with E-state index in [4.69, 9.17) is 0 Å². The molecular weight excluding hydrogens is 409 g/mol. The van der Waals surface area contributed by atoms with Crippen LogP contribution in [0.4, 0.5) is 0 Å². The van der Waals surface area contributed by atoms with Gasteiger partial charge in [0, 0.05) is 14.9 Å². The summed E-state index contributed by atoms with van der Waals surface area (Å²) in [6.07, 6.45) is 0.904. The van der Waals surface area contributed by atoms with Gasteiger partial charge in [0.05, 0.1) is 5.56 Å². The smallest absolute Gasteiger partial charge is 0.255 e. The van der Waals surface area contributed by atoms with E-state index in [9.17, 15) is 9.90 Å². The lowest BCUT2D eigenvalue weighted by Crippen LogP contribution is -2.37. The van der Waals surface area contributed by atoms with Crippen molar-refractivity contribution in [2.45, 2.75) is 26.3 Å². The largest absolute Gasteiger partial charge is 0.507 e. The van der Waals surface area contributed by atoms with Crippen LogP contribution in [0.15, 0.2) is 18.2 Å². The summed E-state index contributed by atoms with van der Waals surface area (Å²) < 4.78 is 0.926. The van der Waals surface area contributed by atoms with Crippen molar-refractivity contribution in [3.8, 4) is 5.75 Å². The average molecular weight is 426 g/mol. The molecule has 3 nitrogen and oxygen atoms in total. The molecule has 18 heavy (non-hydrogen) atoms. The molecule has 0 aliphatic carbocycles. The van der Waals surface area contributed by atoms with Crippen molar-refractivity contribution in [1.82, 2.24) is 5.32 Å². The fourth-order valence-corrected chi connectivity index (χ4v) is 2.60. The number of hydrogen-bond acceptors (Lipinski definition) is 2. The molecule has 1 atom stereocenters. The zero-order valence-corrected chi connectivity index (χ0v) is 14.2. The fourth-order valence-electron chi connectivity index (χ4n) is 1.68. The summed E-state index contributed by atoms with van der Waals surface area (Å²) in [6, 6.07) is 5.08. The quantitative estimate of drug-likeness (QED) is 0.560. The highest BCUT2D eigenvalue weighted by Crippen LogP contribution is 2.20. The van der Waals surface area contributed by atoms with Crippen molar-refractivity contribution in [1.29, 1.82) is 0 Å². The standard InChI is InChI=1S/C13H17BrINO2/c1-8(2)5-10(7-14)16-13(18)11-6-9(15)3-4-12(11)17/h3-4,6,8,10,17H,5,7H2,1-2H3,(H,16,18). The molecule has 0 bridgehead atoms. The first-order valence-electron chi connectivity index (χ1n) is 5.79. The Morgan fingerprint density at radius 3 is 2.72 bits per heavy atom. The van der Waals surface area contributed by atoms with Crippen molar-refractivity contribution >= 4 is 44.4 Å². The maximum Gasteiger partial charge on any atom is 0.255 e. The van der Waals surface area contributed by atoms with Gasteiger partial charge in [0.25, 0.3) is 5.91 Å². The third kappa shape index (κ3) is 4.76. The summed E-state index contributed by atoms with van der Waals surface area (Å²) >= 11 is 5.52. The van der Waals surface area contributed by atoms with Crippen molar-refractivity contribution in [2.75, 3.05) is 5.33 Å². The van der Waals surface area contributed by atoms with Crippen molar-refractivity contribution in [2.24, 2.45) is 5.92 Å². The molecule has 1 rings (SSSR count). The molecule has 1 aromatic carbocycles. The summed E-state index contributed by atoms with van der Waals surface area (Å²) in [4.78, 5) is 12.1. The molecule has 0 spiro atoms. The topological polar surface area (TPSA) is 49.3 Å².